The van der Waals surface area contributed by atoms with Gasteiger partial charge in [-0.2, -0.15) is 0 Å². The lowest BCUT2D eigenvalue weighted by molar-refractivity contribution is 0.242. The maximum Gasteiger partial charge on any atom is 0.167 e. The van der Waals surface area contributed by atoms with E-state index in [-0.39, 0.29) is 12.1 Å². The fourth-order valence-electron chi connectivity index (χ4n) is 1.82. The Kier molecular flexibility index (Phi) is 5.09. The summed E-state index contributed by atoms with van der Waals surface area (Å²) >= 11 is 1.67. The molecule has 0 saturated heterocycles. The fraction of sp³-hybridized carbons (Fsp3) is 0.400. The van der Waals surface area contributed by atoms with E-state index in [1.165, 1.54) is 0 Å². The van der Waals surface area contributed by atoms with Gasteiger partial charge in [-0.25, -0.2) is 4.98 Å². The van der Waals surface area contributed by atoms with Crippen molar-refractivity contribution in [2.45, 2.75) is 31.1 Å². The van der Waals surface area contributed by atoms with Gasteiger partial charge in [-0.3, -0.25) is 0 Å². The van der Waals surface area contributed by atoms with Crippen molar-refractivity contribution in [2.24, 2.45) is 12.8 Å². The Bertz CT molecular complexity index is 536. The van der Waals surface area contributed by atoms with Gasteiger partial charge < -0.3 is 15.0 Å². The predicted molar refractivity (Wildman–Crippen MR) is 83.1 cm³/mol. The zero-order valence-corrected chi connectivity index (χ0v) is 12.9. The predicted octanol–water partition coefficient (Wildman–Crippen LogP) is 3.00. The SMILES string of the molecule is CC(C)Oc1ccc(C(N)CSc2nccn2C)cc1. The van der Waals surface area contributed by atoms with Gasteiger partial charge in [-0.15, -0.1) is 0 Å². The molecule has 1 aromatic carbocycles. The van der Waals surface area contributed by atoms with Crippen molar-refractivity contribution in [2.75, 3.05) is 5.75 Å². The van der Waals surface area contributed by atoms with Gasteiger partial charge in [0.25, 0.3) is 0 Å². The minimum atomic E-state index is -0.00944. The highest BCUT2D eigenvalue weighted by molar-refractivity contribution is 7.99. The second kappa shape index (κ2) is 6.81. The van der Waals surface area contributed by atoms with Gasteiger partial charge in [-0.05, 0) is 31.5 Å². The first kappa shape index (κ1) is 14.9. The van der Waals surface area contributed by atoms with Crippen LogP contribution in [0.2, 0.25) is 0 Å². The van der Waals surface area contributed by atoms with Crippen molar-refractivity contribution in [1.29, 1.82) is 0 Å². The van der Waals surface area contributed by atoms with E-state index in [4.69, 9.17) is 10.5 Å². The number of nitrogens with zero attached hydrogens (tertiary/aromatic N) is 2. The molecule has 0 radical (unpaired) electrons. The molecule has 2 rings (SSSR count). The lowest BCUT2D eigenvalue weighted by Crippen LogP contribution is -2.13. The van der Waals surface area contributed by atoms with Gasteiger partial charge in [0.15, 0.2) is 5.16 Å². The molecule has 0 fully saturated rings. The molecule has 0 aliphatic heterocycles. The maximum atomic E-state index is 6.21. The molecule has 4 nitrogen and oxygen atoms in total. The summed E-state index contributed by atoms with van der Waals surface area (Å²) in [6, 6.07) is 7.99. The molecule has 0 aliphatic rings. The van der Waals surface area contributed by atoms with E-state index >= 15 is 0 Å². The highest BCUT2D eigenvalue weighted by atomic mass is 32.2. The number of thioether (sulfide) groups is 1. The number of aromatic nitrogens is 2. The van der Waals surface area contributed by atoms with Crippen LogP contribution in [0.1, 0.15) is 25.5 Å². The first-order valence-electron chi connectivity index (χ1n) is 6.68. The Hall–Kier alpha value is -1.46. The molecule has 1 unspecified atom stereocenters. The Morgan fingerprint density at radius 2 is 2.00 bits per heavy atom. The lowest BCUT2D eigenvalue weighted by atomic mass is 10.1. The Labute approximate surface area is 124 Å². The summed E-state index contributed by atoms with van der Waals surface area (Å²) in [6.07, 6.45) is 3.92. The van der Waals surface area contributed by atoms with Crippen LogP contribution in [-0.4, -0.2) is 21.4 Å². The second-order valence-corrected chi connectivity index (χ2v) is 5.96. The summed E-state index contributed by atoms with van der Waals surface area (Å²) < 4.78 is 7.62. The largest absolute Gasteiger partial charge is 0.491 e. The van der Waals surface area contributed by atoms with E-state index in [9.17, 15) is 0 Å². The monoisotopic (exact) mass is 291 g/mol. The molecule has 20 heavy (non-hydrogen) atoms. The van der Waals surface area contributed by atoms with Crippen LogP contribution >= 0.6 is 11.8 Å². The minimum Gasteiger partial charge on any atom is -0.491 e. The number of hydrogen-bond donors (Lipinski definition) is 1. The van der Waals surface area contributed by atoms with Crippen LogP contribution in [0, 0.1) is 0 Å². The second-order valence-electron chi connectivity index (χ2n) is 4.97. The van der Waals surface area contributed by atoms with Crippen molar-refractivity contribution in [3.05, 3.63) is 42.2 Å². The number of ether oxygens (including phenoxy) is 1. The number of rotatable bonds is 6. The summed E-state index contributed by atoms with van der Waals surface area (Å²) in [5.74, 6) is 1.68. The van der Waals surface area contributed by atoms with Crippen molar-refractivity contribution >= 4 is 11.8 Å². The molecule has 0 amide bonds. The van der Waals surface area contributed by atoms with Crippen LogP contribution in [0.4, 0.5) is 0 Å². The van der Waals surface area contributed by atoms with Crippen LogP contribution in [0.5, 0.6) is 5.75 Å². The lowest BCUT2D eigenvalue weighted by Gasteiger charge is -2.14. The van der Waals surface area contributed by atoms with Gasteiger partial charge in [0.2, 0.25) is 0 Å². The quantitative estimate of drug-likeness (QED) is 0.831. The van der Waals surface area contributed by atoms with E-state index in [0.29, 0.717) is 0 Å². The molecule has 1 aromatic heterocycles. The van der Waals surface area contributed by atoms with Crippen molar-refractivity contribution in [1.82, 2.24) is 9.55 Å². The first-order valence-corrected chi connectivity index (χ1v) is 7.67. The third kappa shape index (κ3) is 4.02. The van der Waals surface area contributed by atoms with Crippen molar-refractivity contribution in [3.8, 4) is 5.75 Å². The molecule has 108 valence electrons. The highest BCUT2D eigenvalue weighted by Gasteiger charge is 2.09. The Balaban J connectivity index is 1.92. The summed E-state index contributed by atoms with van der Waals surface area (Å²) in [7, 11) is 1.99. The molecule has 0 spiro atoms. The first-order chi connectivity index (χ1) is 9.56. The number of aryl methyl sites for hydroxylation is 1. The van der Waals surface area contributed by atoms with Gasteiger partial charge >= 0.3 is 0 Å². The number of benzene rings is 1. The minimum absolute atomic E-state index is 0.00944. The van der Waals surface area contributed by atoms with Crippen LogP contribution in [0.15, 0.2) is 41.8 Å². The topological polar surface area (TPSA) is 53.1 Å². The van der Waals surface area contributed by atoms with Gasteiger partial charge in [-0.1, -0.05) is 23.9 Å². The van der Waals surface area contributed by atoms with Gasteiger partial charge in [0.05, 0.1) is 6.10 Å². The normalized spacial score (nSPS) is 12.7. The van der Waals surface area contributed by atoms with E-state index in [1.807, 2.05) is 55.9 Å². The van der Waals surface area contributed by atoms with Gasteiger partial charge in [0.1, 0.15) is 5.75 Å². The standard InChI is InChI=1S/C15H21N3OS/c1-11(2)19-13-6-4-12(5-7-13)14(16)10-20-15-17-8-9-18(15)3/h4-9,11,14H,10,16H2,1-3H3. The summed E-state index contributed by atoms with van der Waals surface area (Å²) in [5, 5.41) is 0.986. The number of nitrogens with two attached hydrogens (primary N) is 1. The Morgan fingerprint density at radius 3 is 2.55 bits per heavy atom. The molecular formula is C15H21N3OS. The zero-order valence-electron chi connectivity index (χ0n) is 12.1. The highest BCUT2D eigenvalue weighted by Crippen LogP contribution is 2.23. The fourth-order valence-corrected chi connectivity index (χ4v) is 2.74. The van der Waals surface area contributed by atoms with Crippen molar-refractivity contribution < 1.29 is 4.74 Å². The van der Waals surface area contributed by atoms with E-state index in [0.717, 1.165) is 22.2 Å². The average molecular weight is 291 g/mol. The molecule has 0 aliphatic carbocycles. The number of hydrogen-bond acceptors (Lipinski definition) is 4. The van der Waals surface area contributed by atoms with E-state index < -0.39 is 0 Å². The summed E-state index contributed by atoms with van der Waals surface area (Å²) in [5.41, 5.74) is 7.33. The Morgan fingerprint density at radius 1 is 1.30 bits per heavy atom. The third-order valence-corrected chi connectivity index (χ3v) is 4.03. The van der Waals surface area contributed by atoms with Gasteiger partial charge in [0, 0.05) is 31.2 Å². The van der Waals surface area contributed by atoms with E-state index in [2.05, 4.69) is 4.98 Å². The number of imidazole rings is 1. The molecule has 0 saturated carbocycles. The molecule has 0 bridgehead atoms. The van der Waals surface area contributed by atoms with Crippen LogP contribution in [0.25, 0.3) is 0 Å². The molecule has 2 aromatic rings. The summed E-state index contributed by atoms with van der Waals surface area (Å²) in [6.45, 7) is 4.03. The zero-order chi connectivity index (χ0) is 14.5. The van der Waals surface area contributed by atoms with Crippen molar-refractivity contribution in [3.63, 3.8) is 0 Å². The van der Waals surface area contributed by atoms with Crippen LogP contribution < -0.4 is 10.5 Å². The van der Waals surface area contributed by atoms with Crippen LogP contribution in [-0.2, 0) is 7.05 Å². The summed E-state index contributed by atoms with van der Waals surface area (Å²) in [4.78, 5) is 4.28. The molecule has 5 heteroatoms. The smallest absolute Gasteiger partial charge is 0.167 e. The molecule has 1 atom stereocenters. The molecule has 1 heterocycles. The van der Waals surface area contributed by atoms with E-state index in [1.54, 1.807) is 18.0 Å². The average Bonchev–Trinajstić information content (AvgIpc) is 2.82. The molecular weight excluding hydrogens is 270 g/mol. The van der Waals surface area contributed by atoms with Crippen LogP contribution in [0.3, 0.4) is 0 Å². The maximum absolute atomic E-state index is 6.21. The molecule has 2 N–H and O–H groups in total. The third-order valence-electron chi connectivity index (χ3n) is 2.85.